The summed E-state index contributed by atoms with van der Waals surface area (Å²) in [5, 5.41) is 11.3. The fourth-order valence-corrected chi connectivity index (χ4v) is 4.19. The summed E-state index contributed by atoms with van der Waals surface area (Å²) < 4.78 is 23.1. The zero-order chi connectivity index (χ0) is 20.4. The second kappa shape index (κ2) is 10.8. The van der Waals surface area contributed by atoms with Gasteiger partial charge in [-0.1, -0.05) is 19.1 Å². The molecule has 2 amide bonds. The lowest BCUT2D eigenvalue weighted by molar-refractivity contribution is -0.120. The fourth-order valence-electron chi connectivity index (χ4n) is 2.49. The van der Waals surface area contributed by atoms with E-state index in [1.807, 2.05) is 6.07 Å². The monoisotopic (exact) mass is 395 g/mol. The lowest BCUT2D eigenvalue weighted by atomic mass is 9.98. The number of hydrogen-bond acceptors (Lipinski definition) is 6. The van der Waals surface area contributed by atoms with E-state index in [9.17, 15) is 14.2 Å². The largest absolute Gasteiger partial charge is 0.368 e. The molecule has 0 radical (unpaired) electrons. The van der Waals surface area contributed by atoms with Gasteiger partial charge in [-0.15, -0.1) is 0 Å². The van der Waals surface area contributed by atoms with Crippen LogP contribution in [0.15, 0.2) is 24.3 Å². The highest BCUT2D eigenvalue weighted by Gasteiger charge is 2.26. The van der Waals surface area contributed by atoms with E-state index in [1.165, 1.54) is 0 Å². The van der Waals surface area contributed by atoms with Crippen molar-refractivity contribution in [2.75, 3.05) is 13.2 Å². The molecule has 0 aliphatic rings. The first kappa shape index (κ1) is 22.8. The smallest absolute Gasteiger partial charge is 0.335 e. The van der Waals surface area contributed by atoms with Gasteiger partial charge in [0.15, 0.2) is 0 Å². The van der Waals surface area contributed by atoms with Crippen LogP contribution in [0.1, 0.15) is 43.1 Å². The molecule has 0 heterocycles. The lowest BCUT2D eigenvalue weighted by Crippen LogP contribution is -2.48. The maximum absolute atomic E-state index is 12.6. The van der Waals surface area contributed by atoms with Crippen molar-refractivity contribution < 1.29 is 23.2 Å². The molecule has 0 saturated carbocycles. The molecule has 0 unspecified atom stereocenters. The number of carbonyl (C=O) groups is 2. The van der Waals surface area contributed by atoms with E-state index < -0.39 is 31.4 Å². The SMILES string of the molecule is CCOP(=O)(Cc1ccc(C(=O)N[C@@H](C(N)=O)[C@@H](C)CC#N)cc1)OCC. The van der Waals surface area contributed by atoms with E-state index >= 15 is 0 Å². The Morgan fingerprint density at radius 3 is 2.22 bits per heavy atom. The first-order valence-corrected chi connectivity index (χ1v) is 10.4. The molecule has 1 aromatic carbocycles. The van der Waals surface area contributed by atoms with Gasteiger partial charge >= 0.3 is 7.60 Å². The molecule has 0 bridgehead atoms. The summed E-state index contributed by atoms with van der Waals surface area (Å²) in [6, 6.07) is 7.43. The molecule has 0 saturated heterocycles. The zero-order valence-corrected chi connectivity index (χ0v) is 16.7. The summed E-state index contributed by atoms with van der Waals surface area (Å²) in [4.78, 5) is 23.9. The minimum atomic E-state index is -3.23. The topological polar surface area (TPSA) is 132 Å². The molecule has 0 aliphatic heterocycles. The number of nitriles is 1. The third-order valence-electron chi connectivity index (χ3n) is 3.82. The van der Waals surface area contributed by atoms with Crippen molar-refractivity contribution >= 4 is 19.4 Å². The molecule has 1 rings (SSSR count). The van der Waals surface area contributed by atoms with Gasteiger partial charge in [-0.2, -0.15) is 5.26 Å². The van der Waals surface area contributed by atoms with Crippen molar-refractivity contribution in [3.63, 3.8) is 0 Å². The van der Waals surface area contributed by atoms with Gasteiger partial charge < -0.3 is 20.1 Å². The second-order valence-electron chi connectivity index (χ2n) is 5.99. The quantitative estimate of drug-likeness (QED) is 0.554. The van der Waals surface area contributed by atoms with Gasteiger partial charge in [0, 0.05) is 12.0 Å². The highest BCUT2D eigenvalue weighted by atomic mass is 31.2. The third kappa shape index (κ3) is 7.14. The highest BCUT2D eigenvalue weighted by Crippen LogP contribution is 2.51. The summed E-state index contributed by atoms with van der Waals surface area (Å²) in [6.07, 6.45) is 0.191. The van der Waals surface area contributed by atoms with Gasteiger partial charge in [0.25, 0.3) is 5.91 Å². The number of hydrogen-bond donors (Lipinski definition) is 2. The summed E-state index contributed by atoms with van der Waals surface area (Å²) in [5.74, 6) is -1.58. The van der Waals surface area contributed by atoms with E-state index in [1.54, 1.807) is 45.0 Å². The minimum Gasteiger partial charge on any atom is -0.368 e. The molecule has 8 nitrogen and oxygen atoms in total. The van der Waals surface area contributed by atoms with Crippen LogP contribution in [0.25, 0.3) is 0 Å². The van der Waals surface area contributed by atoms with Crippen LogP contribution in [0.5, 0.6) is 0 Å². The number of amides is 2. The van der Waals surface area contributed by atoms with E-state index in [0.717, 1.165) is 0 Å². The second-order valence-corrected chi connectivity index (χ2v) is 8.05. The molecule has 0 fully saturated rings. The fraction of sp³-hybridized carbons (Fsp3) is 0.500. The normalized spacial score (nSPS) is 13.4. The average molecular weight is 395 g/mol. The molecule has 1 aromatic rings. The van der Waals surface area contributed by atoms with E-state index in [-0.39, 0.29) is 25.8 Å². The molecule has 148 valence electrons. The van der Waals surface area contributed by atoms with Crippen molar-refractivity contribution in [3.8, 4) is 6.07 Å². The number of primary amides is 1. The van der Waals surface area contributed by atoms with E-state index in [2.05, 4.69) is 5.32 Å². The molecule has 0 spiro atoms. The van der Waals surface area contributed by atoms with Gasteiger partial charge in [-0.25, -0.2) is 0 Å². The van der Waals surface area contributed by atoms with Crippen LogP contribution in [-0.4, -0.2) is 31.1 Å². The number of benzene rings is 1. The number of nitrogens with zero attached hydrogens (tertiary/aromatic N) is 1. The van der Waals surface area contributed by atoms with Gasteiger partial charge in [-0.05, 0) is 37.5 Å². The summed E-state index contributed by atoms with van der Waals surface area (Å²) in [6.45, 7) is 5.68. The molecule has 0 aliphatic carbocycles. The average Bonchev–Trinajstić information content (AvgIpc) is 2.60. The summed E-state index contributed by atoms with van der Waals surface area (Å²) in [7, 11) is -3.23. The summed E-state index contributed by atoms with van der Waals surface area (Å²) in [5.41, 5.74) is 6.33. The molecule has 0 aromatic heterocycles. The Balaban J connectivity index is 2.85. The predicted molar refractivity (Wildman–Crippen MR) is 101 cm³/mol. The van der Waals surface area contributed by atoms with Gasteiger partial charge in [-0.3, -0.25) is 14.2 Å². The molecule has 2 atom stereocenters. The van der Waals surface area contributed by atoms with Crippen molar-refractivity contribution in [2.24, 2.45) is 11.7 Å². The van der Waals surface area contributed by atoms with Gasteiger partial charge in [0.05, 0.1) is 25.4 Å². The highest BCUT2D eigenvalue weighted by molar-refractivity contribution is 7.53. The first-order valence-electron chi connectivity index (χ1n) is 8.70. The van der Waals surface area contributed by atoms with Crippen molar-refractivity contribution in [1.82, 2.24) is 5.32 Å². The lowest BCUT2D eigenvalue weighted by Gasteiger charge is -2.20. The van der Waals surface area contributed by atoms with Crippen LogP contribution < -0.4 is 11.1 Å². The Kier molecular flexibility index (Phi) is 9.16. The van der Waals surface area contributed by atoms with E-state index in [4.69, 9.17) is 20.0 Å². The third-order valence-corrected chi connectivity index (χ3v) is 5.87. The van der Waals surface area contributed by atoms with Gasteiger partial charge in [0.2, 0.25) is 5.91 Å². The van der Waals surface area contributed by atoms with Crippen molar-refractivity contribution in [1.29, 1.82) is 5.26 Å². The molecular weight excluding hydrogens is 369 g/mol. The predicted octanol–water partition coefficient (Wildman–Crippen LogP) is 2.59. The van der Waals surface area contributed by atoms with Gasteiger partial charge in [0.1, 0.15) is 6.04 Å². The maximum atomic E-state index is 12.6. The molecule has 9 heteroatoms. The number of nitrogens with two attached hydrogens (primary N) is 1. The van der Waals surface area contributed by atoms with Crippen LogP contribution in [0, 0.1) is 17.2 Å². The standard InChI is InChI=1S/C18H26N3O5P/c1-4-25-27(24,26-5-2)12-14-6-8-15(9-7-14)18(23)21-16(17(20)22)13(3)10-11-19/h6-9,13,16H,4-5,10,12H2,1-3H3,(H2,20,22)(H,21,23)/t13-,16+/m0/s1. The van der Waals surface area contributed by atoms with Crippen LogP contribution in [0.3, 0.4) is 0 Å². The Morgan fingerprint density at radius 1 is 1.22 bits per heavy atom. The van der Waals surface area contributed by atoms with Crippen LogP contribution in [-0.2, 0) is 24.6 Å². The number of rotatable bonds is 11. The Morgan fingerprint density at radius 2 is 1.78 bits per heavy atom. The zero-order valence-electron chi connectivity index (χ0n) is 15.8. The molecule has 3 N–H and O–H groups in total. The number of nitrogens with one attached hydrogen (secondary N) is 1. The van der Waals surface area contributed by atoms with E-state index in [0.29, 0.717) is 11.1 Å². The van der Waals surface area contributed by atoms with Crippen LogP contribution in [0.4, 0.5) is 0 Å². The van der Waals surface area contributed by atoms with Crippen LogP contribution >= 0.6 is 7.60 Å². The van der Waals surface area contributed by atoms with Crippen molar-refractivity contribution in [3.05, 3.63) is 35.4 Å². The van der Waals surface area contributed by atoms with Crippen molar-refractivity contribution in [2.45, 2.75) is 39.4 Å². The minimum absolute atomic E-state index is 0.0942. The maximum Gasteiger partial charge on any atom is 0.335 e. The first-order chi connectivity index (χ1) is 12.8. The Hall–Kier alpha value is -2.20. The van der Waals surface area contributed by atoms with Crippen LogP contribution in [0.2, 0.25) is 0 Å². The molecule has 27 heavy (non-hydrogen) atoms. The molecular formula is C18H26N3O5P. The summed E-state index contributed by atoms with van der Waals surface area (Å²) >= 11 is 0. The Labute approximate surface area is 159 Å². The number of carbonyl (C=O) groups excluding carboxylic acids is 2. The Bertz CT molecular complexity index is 720.